The quantitative estimate of drug-likeness (QED) is 0.477. The lowest BCUT2D eigenvalue weighted by molar-refractivity contribution is -0.123. The van der Waals surface area contributed by atoms with Crippen LogP contribution in [-0.2, 0) is 4.79 Å². The fourth-order valence-corrected chi connectivity index (χ4v) is 1.78. The second-order valence-corrected chi connectivity index (χ2v) is 3.77. The highest BCUT2D eigenvalue weighted by Crippen LogP contribution is 2.16. The molecule has 0 aromatic heterocycles. The molecule has 2 rings (SSSR count). The zero-order chi connectivity index (χ0) is 12.3. The molecule has 17 heavy (non-hydrogen) atoms. The zero-order valence-electron chi connectivity index (χ0n) is 9.27. The van der Waals surface area contributed by atoms with Crippen molar-refractivity contribution in [3.05, 3.63) is 29.8 Å². The number of benzene rings is 1. The topological polar surface area (TPSA) is 87.5 Å². The molecular formula is C11H14N4O2. The Labute approximate surface area is 98.7 Å². The summed E-state index contributed by atoms with van der Waals surface area (Å²) in [6, 6.07) is 6.95. The van der Waals surface area contributed by atoms with E-state index in [1.165, 1.54) is 4.90 Å². The molecule has 1 aliphatic rings. The summed E-state index contributed by atoms with van der Waals surface area (Å²) in [5.74, 6) is 5.02. The molecule has 1 saturated heterocycles. The first-order chi connectivity index (χ1) is 8.22. The third-order valence-corrected chi connectivity index (χ3v) is 2.64. The zero-order valence-corrected chi connectivity index (χ0v) is 9.27. The first-order valence-corrected chi connectivity index (χ1v) is 5.34. The molecular weight excluding hydrogens is 220 g/mol. The molecule has 0 aliphatic carbocycles. The maximum atomic E-state index is 12.2. The van der Waals surface area contributed by atoms with Crippen molar-refractivity contribution < 1.29 is 9.59 Å². The molecule has 0 atom stereocenters. The van der Waals surface area contributed by atoms with Gasteiger partial charge >= 0.3 is 0 Å². The Morgan fingerprint density at radius 2 is 2.18 bits per heavy atom. The van der Waals surface area contributed by atoms with E-state index < -0.39 is 0 Å². The summed E-state index contributed by atoms with van der Waals surface area (Å²) in [6.45, 7) is 1.10. The number of nitrogens with one attached hydrogen (secondary N) is 2. The van der Waals surface area contributed by atoms with E-state index in [4.69, 9.17) is 5.84 Å². The Balaban J connectivity index is 2.21. The first kappa shape index (κ1) is 11.4. The molecule has 0 saturated carbocycles. The summed E-state index contributed by atoms with van der Waals surface area (Å²) in [6.07, 6.45) is 0. The Morgan fingerprint density at radius 3 is 2.88 bits per heavy atom. The van der Waals surface area contributed by atoms with Crippen LogP contribution in [-0.4, -0.2) is 36.3 Å². The number of hydrazine groups is 1. The van der Waals surface area contributed by atoms with Crippen molar-refractivity contribution in [1.82, 2.24) is 10.2 Å². The number of nitrogens with zero attached hydrogens (tertiary/aromatic N) is 1. The van der Waals surface area contributed by atoms with Gasteiger partial charge in [-0.2, -0.15) is 0 Å². The first-order valence-electron chi connectivity index (χ1n) is 5.34. The van der Waals surface area contributed by atoms with Crippen LogP contribution in [0.25, 0.3) is 0 Å². The monoisotopic (exact) mass is 234 g/mol. The lowest BCUT2D eigenvalue weighted by Gasteiger charge is -2.27. The number of carbonyl (C=O) groups excluding carboxylic acids is 2. The van der Waals surface area contributed by atoms with Crippen LogP contribution in [0.4, 0.5) is 5.69 Å². The minimum Gasteiger partial charge on any atom is -0.353 e. The molecule has 6 nitrogen and oxygen atoms in total. The van der Waals surface area contributed by atoms with Gasteiger partial charge in [0.25, 0.3) is 5.91 Å². The van der Waals surface area contributed by atoms with E-state index in [0.29, 0.717) is 24.3 Å². The third kappa shape index (κ3) is 2.36. The number of para-hydroxylation sites is 1. The number of rotatable bonds is 2. The van der Waals surface area contributed by atoms with Crippen molar-refractivity contribution in [2.24, 2.45) is 5.84 Å². The number of piperazine rings is 1. The number of amides is 2. The van der Waals surface area contributed by atoms with Crippen LogP contribution in [0.5, 0.6) is 0 Å². The summed E-state index contributed by atoms with van der Waals surface area (Å²) >= 11 is 0. The summed E-state index contributed by atoms with van der Waals surface area (Å²) in [7, 11) is 0. The normalized spacial score (nSPS) is 15.4. The van der Waals surface area contributed by atoms with Gasteiger partial charge in [-0.3, -0.25) is 15.4 Å². The average Bonchev–Trinajstić information content (AvgIpc) is 2.38. The number of hydrogen-bond acceptors (Lipinski definition) is 4. The molecule has 1 aromatic rings. The van der Waals surface area contributed by atoms with Crippen LogP contribution in [0, 0.1) is 0 Å². The largest absolute Gasteiger partial charge is 0.353 e. The predicted molar refractivity (Wildman–Crippen MR) is 63.2 cm³/mol. The maximum Gasteiger partial charge on any atom is 0.256 e. The van der Waals surface area contributed by atoms with Crippen LogP contribution in [0.2, 0.25) is 0 Å². The van der Waals surface area contributed by atoms with E-state index in [2.05, 4.69) is 10.7 Å². The highest BCUT2D eigenvalue weighted by Gasteiger charge is 2.23. The second kappa shape index (κ2) is 4.84. The SMILES string of the molecule is NNc1ccccc1C(=O)N1CCNC(=O)C1. The molecule has 1 aromatic carbocycles. The highest BCUT2D eigenvalue weighted by molar-refractivity contribution is 6.01. The summed E-state index contributed by atoms with van der Waals surface area (Å²) < 4.78 is 0. The lowest BCUT2D eigenvalue weighted by Crippen LogP contribution is -2.50. The van der Waals surface area contributed by atoms with Gasteiger partial charge in [0.05, 0.1) is 17.8 Å². The third-order valence-electron chi connectivity index (χ3n) is 2.64. The van der Waals surface area contributed by atoms with Crippen molar-refractivity contribution in [3.63, 3.8) is 0 Å². The molecule has 0 bridgehead atoms. The van der Waals surface area contributed by atoms with Crippen LogP contribution in [0.15, 0.2) is 24.3 Å². The molecule has 4 N–H and O–H groups in total. The highest BCUT2D eigenvalue weighted by atomic mass is 16.2. The second-order valence-electron chi connectivity index (χ2n) is 3.77. The Hall–Kier alpha value is -2.08. The van der Waals surface area contributed by atoms with Gasteiger partial charge in [0.2, 0.25) is 5.91 Å². The van der Waals surface area contributed by atoms with Crippen LogP contribution >= 0.6 is 0 Å². The molecule has 0 spiro atoms. The number of nitrogens with two attached hydrogens (primary N) is 1. The number of carbonyl (C=O) groups is 2. The van der Waals surface area contributed by atoms with E-state index in [1.54, 1.807) is 24.3 Å². The smallest absolute Gasteiger partial charge is 0.256 e. The number of hydrogen-bond donors (Lipinski definition) is 3. The predicted octanol–water partition coefficient (Wildman–Crippen LogP) is -0.456. The Bertz CT molecular complexity index is 447. The maximum absolute atomic E-state index is 12.2. The molecule has 6 heteroatoms. The van der Waals surface area contributed by atoms with E-state index in [-0.39, 0.29) is 18.4 Å². The van der Waals surface area contributed by atoms with Crippen LogP contribution in [0.1, 0.15) is 10.4 Å². The number of anilines is 1. The number of nitrogen functional groups attached to an aromatic ring is 1. The van der Waals surface area contributed by atoms with E-state index in [9.17, 15) is 9.59 Å². The summed E-state index contributed by atoms with van der Waals surface area (Å²) in [5.41, 5.74) is 3.51. The van der Waals surface area contributed by atoms with Crippen LogP contribution in [0.3, 0.4) is 0 Å². The van der Waals surface area contributed by atoms with Crippen molar-refractivity contribution in [3.8, 4) is 0 Å². The fraction of sp³-hybridized carbons (Fsp3) is 0.273. The molecule has 0 radical (unpaired) electrons. The van der Waals surface area contributed by atoms with E-state index in [0.717, 1.165) is 0 Å². The standard InChI is InChI=1S/C11H14N4O2/c12-14-9-4-2-1-3-8(9)11(17)15-6-5-13-10(16)7-15/h1-4,14H,5-7,12H2,(H,13,16). The molecule has 2 amide bonds. The minimum absolute atomic E-state index is 0.0950. The van der Waals surface area contributed by atoms with Gasteiger partial charge < -0.3 is 15.6 Å². The van der Waals surface area contributed by atoms with Gasteiger partial charge in [0, 0.05) is 13.1 Å². The van der Waals surface area contributed by atoms with Crippen molar-refractivity contribution in [1.29, 1.82) is 0 Å². The van der Waals surface area contributed by atoms with Gasteiger partial charge in [-0.25, -0.2) is 0 Å². The van der Waals surface area contributed by atoms with E-state index in [1.807, 2.05) is 0 Å². The molecule has 1 heterocycles. The Kier molecular flexibility index (Phi) is 3.24. The lowest BCUT2D eigenvalue weighted by atomic mass is 10.1. The van der Waals surface area contributed by atoms with Gasteiger partial charge in [-0.15, -0.1) is 0 Å². The molecule has 1 aliphatic heterocycles. The molecule has 90 valence electrons. The molecule has 1 fully saturated rings. The van der Waals surface area contributed by atoms with Crippen LogP contribution < -0.4 is 16.6 Å². The summed E-state index contributed by atoms with van der Waals surface area (Å²) in [4.78, 5) is 24.9. The van der Waals surface area contributed by atoms with Gasteiger partial charge in [-0.05, 0) is 12.1 Å². The van der Waals surface area contributed by atoms with Crippen molar-refractivity contribution in [2.75, 3.05) is 25.1 Å². The van der Waals surface area contributed by atoms with Gasteiger partial charge in [0.1, 0.15) is 0 Å². The fourth-order valence-electron chi connectivity index (χ4n) is 1.78. The van der Waals surface area contributed by atoms with Gasteiger partial charge in [0.15, 0.2) is 0 Å². The molecule has 0 unspecified atom stereocenters. The van der Waals surface area contributed by atoms with Crippen molar-refractivity contribution >= 4 is 17.5 Å². The Morgan fingerprint density at radius 1 is 1.41 bits per heavy atom. The van der Waals surface area contributed by atoms with E-state index >= 15 is 0 Å². The average molecular weight is 234 g/mol. The minimum atomic E-state index is -0.187. The van der Waals surface area contributed by atoms with Crippen molar-refractivity contribution in [2.45, 2.75) is 0 Å². The van der Waals surface area contributed by atoms with Gasteiger partial charge in [-0.1, -0.05) is 12.1 Å². The summed E-state index contributed by atoms with van der Waals surface area (Å²) in [5, 5.41) is 2.67.